The minimum absolute atomic E-state index is 0.644. The highest BCUT2D eigenvalue weighted by molar-refractivity contribution is 6.31. The molecule has 0 unspecified atom stereocenters. The van der Waals surface area contributed by atoms with Crippen molar-refractivity contribution < 1.29 is 0 Å². The standard InChI is InChI=1S/C11H12ClN3/c1-2-15-6-5-14-11(15)9-4-3-8(12)7-10(9)13/h3-7H,2,13H2,1H3. The first-order chi connectivity index (χ1) is 7.22. The average molecular weight is 222 g/mol. The number of anilines is 1. The van der Waals surface area contributed by atoms with Crippen LogP contribution in [0.5, 0.6) is 0 Å². The highest BCUT2D eigenvalue weighted by atomic mass is 35.5. The molecule has 3 nitrogen and oxygen atoms in total. The van der Waals surface area contributed by atoms with E-state index in [0.29, 0.717) is 10.7 Å². The largest absolute Gasteiger partial charge is 0.398 e. The fourth-order valence-electron chi connectivity index (χ4n) is 1.55. The van der Waals surface area contributed by atoms with E-state index in [0.717, 1.165) is 17.9 Å². The Labute approximate surface area is 93.5 Å². The molecule has 1 aromatic heterocycles. The van der Waals surface area contributed by atoms with Crippen LogP contribution in [0.4, 0.5) is 5.69 Å². The number of nitrogens with zero attached hydrogens (tertiary/aromatic N) is 2. The van der Waals surface area contributed by atoms with Crippen molar-refractivity contribution in [2.45, 2.75) is 13.5 Å². The second kappa shape index (κ2) is 3.95. The molecule has 0 aliphatic rings. The highest BCUT2D eigenvalue weighted by Crippen LogP contribution is 2.27. The van der Waals surface area contributed by atoms with E-state index in [2.05, 4.69) is 11.9 Å². The van der Waals surface area contributed by atoms with Crippen LogP contribution in [0.15, 0.2) is 30.6 Å². The Hall–Kier alpha value is -1.48. The molecule has 1 heterocycles. The number of imidazole rings is 1. The third kappa shape index (κ3) is 1.83. The highest BCUT2D eigenvalue weighted by Gasteiger charge is 2.08. The number of benzene rings is 1. The van der Waals surface area contributed by atoms with Crippen LogP contribution in [0.1, 0.15) is 6.92 Å². The molecule has 0 aliphatic heterocycles. The van der Waals surface area contributed by atoms with Gasteiger partial charge in [0.05, 0.1) is 0 Å². The number of aryl methyl sites for hydroxylation is 1. The maximum absolute atomic E-state index is 5.90. The summed E-state index contributed by atoms with van der Waals surface area (Å²) >= 11 is 5.84. The molecule has 0 aliphatic carbocycles. The number of halogens is 1. The van der Waals surface area contributed by atoms with Crippen LogP contribution in [0.3, 0.4) is 0 Å². The quantitative estimate of drug-likeness (QED) is 0.793. The first-order valence-corrected chi connectivity index (χ1v) is 5.16. The molecular formula is C11H12ClN3. The molecule has 2 N–H and O–H groups in total. The molecular weight excluding hydrogens is 210 g/mol. The van der Waals surface area contributed by atoms with E-state index in [-0.39, 0.29) is 0 Å². The first-order valence-electron chi connectivity index (χ1n) is 4.79. The molecule has 15 heavy (non-hydrogen) atoms. The maximum atomic E-state index is 5.90. The van der Waals surface area contributed by atoms with Gasteiger partial charge in [-0.25, -0.2) is 4.98 Å². The lowest BCUT2D eigenvalue weighted by Crippen LogP contribution is -1.99. The van der Waals surface area contributed by atoms with Gasteiger partial charge in [-0.2, -0.15) is 0 Å². The summed E-state index contributed by atoms with van der Waals surface area (Å²) in [5, 5.41) is 0.644. The number of rotatable bonds is 2. The monoisotopic (exact) mass is 221 g/mol. The lowest BCUT2D eigenvalue weighted by molar-refractivity contribution is 0.771. The van der Waals surface area contributed by atoms with Crippen molar-refractivity contribution in [3.63, 3.8) is 0 Å². The molecule has 0 saturated carbocycles. The zero-order valence-corrected chi connectivity index (χ0v) is 9.20. The van der Waals surface area contributed by atoms with Gasteiger partial charge in [0.15, 0.2) is 0 Å². The van der Waals surface area contributed by atoms with Gasteiger partial charge >= 0.3 is 0 Å². The molecule has 2 rings (SSSR count). The summed E-state index contributed by atoms with van der Waals surface area (Å²) in [5.41, 5.74) is 7.48. The second-order valence-electron chi connectivity index (χ2n) is 3.27. The number of hydrogen-bond acceptors (Lipinski definition) is 2. The Morgan fingerprint density at radius 1 is 1.47 bits per heavy atom. The van der Waals surface area contributed by atoms with Gasteiger partial charge in [-0.15, -0.1) is 0 Å². The van der Waals surface area contributed by atoms with Crippen molar-refractivity contribution in [1.29, 1.82) is 0 Å². The molecule has 0 spiro atoms. The van der Waals surface area contributed by atoms with Crippen LogP contribution in [-0.2, 0) is 6.54 Å². The van der Waals surface area contributed by atoms with Crippen molar-refractivity contribution >= 4 is 17.3 Å². The van der Waals surface area contributed by atoms with E-state index in [1.165, 1.54) is 0 Å². The normalized spacial score (nSPS) is 10.5. The summed E-state index contributed by atoms with van der Waals surface area (Å²) in [7, 11) is 0. The van der Waals surface area contributed by atoms with Crippen molar-refractivity contribution in [1.82, 2.24) is 9.55 Å². The zero-order chi connectivity index (χ0) is 10.8. The van der Waals surface area contributed by atoms with Gasteiger partial charge in [0.1, 0.15) is 5.82 Å². The van der Waals surface area contributed by atoms with E-state index in [1.807, 2.05) is 22.9 Å². The van der Waals surface area contributed by atoms with Crippen LogP contribution in [0, 0.1) is 0 Å². The van der Waals surface area contributed by atoms with Crippen LogP contribution in [-0.4, -0.2) is 9.55 Å². The van der Waals surface area contributed by atoms with Crippen molar-refractivity contribution in [2.24, 2.45) is 0 Å². The Morgan fingerprint density at radius 2 is 2.27 bits per heavy atom. The van der Waals surface area contributed by atoms with Crippen LogP contribution < -0.4 is 5.73 Å². The van der Waals surface area contributed by atoms with Gasteiger partial charge in [0, 0.05) is 35.2 Å². The van der Waals surface area contributed by atoms with Crippen LogP contribution in [0.2, 0.25) is 5.02 Å². The van der Waals surface area contributed by atoms with E-state index in [9.17, 15) is 0 Å². The summed E-state index contributed by atoms with van der Waals surface area (Å²) in [6.07, 6.45) is 3.70. The molecule has 0 amide bonds. The van der Waals surface area contributed by atoms with Crippen LogP contribution >= 0.6 is 11.6 Å². The summed E-state index contributed by atoms with van der Waals surface area (Å²) < 4.78 is 2.04. The molecule has 0 bridgehead atoms. The fraction of sp³-hybridized carbons (Fsp3) is 0.182. The van der Waals surface area contributed by atoms with Crippen LogP contribution in [0.25, 0.3) is 11.4 Å². The van der Waals surface area contributed by atoms with Gasteiger partial charge in [-0.3, -0.25) is 0 Å². The van der Waals surface area contributed by atoms with Gasteiger partial charge in [-0.05, 0) is 25.1 Å². The molecule has 78 valence electrons. The SMILES string of the molecule is CCn1ccnc1-c1ccc(Cl)cc1N. The molecule has 0 saturated heterocycles. The van der Waals surface area contributed by atoms with Gasteiger partial charge in [0.25, 0.3) is 0 Å². The van der Waals surface area contributed by atoms with E-state index < -0.39 is 0 Å². The average Bonchev–Trinajstić information content (AvgIpc) is 2.65. The van der Waals surface area contributed by atoms with E-state index in [1.54, 1.807) is 12.3 Å². The number of nitrogens with two attached hydrogens (primary N) is 1. The Kier molecular flexibility index (Phi) is 2.64. The third-order valence-corrected chi connectivity index (χ3v) is 2.55. The maximum Gasteiger partial charge on any atom is 0.141 e. The molecule has 0 fully saturated rings. The molecule has 0 atom stereocenters. The minimum Gasteiger partial charge on any atom is -0.398 e. The summed E-state index contributed by atoms with van der Waals surface area (Å²) in [6, 6.07) is 5.46. The molecule has 4 heteroatoms. The minimum atomic E-state index is 0.644. The lowest BCUT2D eigenvalue weighted by Gasteiger charge is -2.07. The predicted molar refractivity (Wildman–Crippen MR) is 62.8 cm³/mol. The Balaban J connectivity index is 2.54. The number of nitrogen functional groups attached to an aromatic ring is 1. The fourth-order valence-corrected chi connectivity index (χ4v) is 1.73. The van der Waals surface area contributed by atoms with E-state index in [4.69, 9.17) is 17.3 Å². The van der Waals surface area contributed by atoms with E-state index >= 15 is 0 Å². The molecule has 0 radical (unpaired) electrons. The predicted octanol–water partition coefficient (Wildman–Crippen LogP) is 2.81. The molecule has 2 aromatic rings. The Bertz CT molecular complexity index is 476. The Morgan fingerprint density at radius 3 is 2.93 bits per heavy atom. The smallest absolute Gasteiger partial charge is 0.141 e. The number of aromatic nitrogens is 2. The summed E-state index contributed by atoms with van der Waals surface area (Å²) in [6.45, 7) is 2.94. The van der Waals surface area contributed by atoms with Crippen molar-refractivity contribution in [3.05, 3.63) is 35.6 Å². The lowest BCUT2D eigenvalue weighted by atomic mass is 10.1. The topological polar surface area (TPSA) is 43.8 Å². The number of hydrogen-bond donors (Lipinski definition) is 1. The summed E-state index contributed by atoms with van der Waals surface area (Å²) in [4.78, 5) is 4.29. The summed E-state index contributed by atoms with van der Waals surface area (Å²) in [5.74, 6) is 0.881. The zero-order valence-electron chi connectivity index (χ0n) is 8.44. The second-order valence-corrected chi connectivity index (χ2v) is 3.70. The van der Waals surface area contributed by atoms with Crippen molar-refractivity contribution in [3.8, 4) is 11.4 Å². The third-order valence-electron chi connectivity index (χ3n) is 2.31. The molecule has 1 aromatic carbocycles. The van der Waals surface area contributed by atoms with Gasteiger partial charge in [0.2, 0.25) is 0 Å². The van der Waals surface area contributed by atoms with Gasteiger partial charge < -0.3 is 10.3 Å². The first kappa shape index (κ1) is 10.1. The van der Waals surface area contributed by atoms with Crippen molar-refractivity contribution in [2.75, 3.05) is 5.73 Å². The van der Waals surface area contributed by atoms with Gasteiger partial charge in [-0.1, -0.05) is 11.6 Å².